The zero-order valence-electron chi connectivity index (χ0n) is 17.2. The Balaban J connectivity index is 1.47. The average Bonchev–Trinajstić information content (AvgIpc) is 2.73. The van der Waals surface area contributed by atoms with Gasteiger partial charge in [-0.3, -0.25) is 0 Å². The molecule has 1 aromatic carbocycles. The molecule has 0 unspecified atom stereocenters. The van der Waals surface area contributed by atoms with Gasteiger partial charge in [0.15, 0.2) is 0 Å². The van der Waals surface area contributed by atoms with E-state index in [9.17, 15) is 0 Å². The molecule has 0 saturated heterocycles. The lowest BCUT2D eigenvalue weighted by atomic mass is 9.91. The number of rotatable bonds is 8. The van der Waals surface area contributed by atoms with Gasteiger partial charge in [0.05, 0.1) is 14.2 Å². The SMILES string of the molecule is COc1ccc(CNC2CCC(Nc3nccc(N(C)C)n3)CC2)c(OC)c1. The molecule has 1 saturated carbocycles. The highest BCUT2D eigenvalue weighted by Crippen LogP contribution is 2.26. The molecule has 2 N–H and O–H groups in total. The maximum Gasteiger partial charge on any atom is 0.224 e. The average molecular weight is 386 g/mol. The van der Waals surface area contributed by atoms with E-state index in [2.05, 4.69) is 26.7 Å². The first-order chi connectivity index (χ1) is 13.6. The Morgan fingerprint density at radius 3 is 2.46 bits per heavy atom. The molecule has 1 heterocycles. The van der Waals surface area contributed by atoms with Crippen LogP contribution in [-0.4, -0.2) is 50.4 Å². The number of hydrogen-bond acceptors (Lipinski definition) is 7. The summed E-state index contributed by atoms with van der Waals surface area (Å²) in [5.74, 6) is 3.31. The molecule has 7 nitrogen and oxygen atoms in total. The number of aromatic nitrogens is 2. The van der Waals surface area contributed by atoms with Crippen LogP contribution in [0.4, 0.5) is 11.8 Å². The minimum absolute atomic E-state index is 0.422. The first kappa shape index (κ1) is 20.2. The van der Waals surface area contributed by atoms with Gasteiger partial charge in [0.25, 0.3) is 0 Å². The molecule has 28 heavy (non-hydrogen) atoms. The maximum atomic E-state index is 5.49. The van der Waals surface area contributed by atoms with E-state index in [0.717, 1.165) is 55.1 Å². The van der Waals surface area contributed by atoms with Crippen LogP contribution < -0.4 is 25.0 Å². The Labute approximate surface area is 167 Å². The predicted octanol–water partition coefficient (Wildman–Crippen LogP) is 3.07. The lowest BCUT2D eigenvalue weighted by Gasteiger charge is -2.30. The van der Waals surface area contributed by atoms with Gasteiger partial charge in [-0.15, -0.1) is 0 Å². The normalized spacial score (nSPS) is 19.1. The van der Waals surface area contributed by atoms with E-state index < -0.39 is 0 Å². The van der Waals surface area contributed by atoms with Crippen LogP contribution in [0.2, 0.25) is 0 Å². The minimum atomic E-state index is 0.422. The van der Waals surface area contributed by atoms with Gasteiger partial charge in [0.2, 0.25) is 5.95 Å². The number of hydrogen-bond donors (Lipinski definition) is 2. The minimum Gasteiger partial charge on any atom is -0.497 e. The van der Waals surface area contributed by atoms with Crippen LogP contribution in [0, 0.1) is 0 Å². The molecule has 0 aliphatic heterocycles. The molecule has 2 aromatic rings. The summed E-state index contributed by atoms with van der Waals surface area (Å²) < 4.78 is 10.8. The van der Waals surface area contributed by atoms with Crippen molar-refractivity contribution in [3.8, 4) is 11.5 Å². The topological polar surface area (TPSA) is 71.5 Å². The predicted molar refractivity (Wildman–Crippen MR) is 112 cm³/mol. The highest BCUT2D eigenvalue weighted by molar-refractivity contribution is 5.42. The molecule has 7 heteroatoms. The fraction of sp³-hybridized carbons (Fsp3) is 0.524. The van der Waals surface area contributed by atoms with Crippen molar-refractivity contribution in [2.75, 3.05) is 38.5 Å². The molecule has 0 amide bonds. The van der Waals surface area contributed by atoms with Crippen molar-refractivity contribution in [1.29, 1.82) is 0 Å². The van der Waals surface area contributed by atoms with Crippen LogP contribution in [0.5, 0.6) is 11.5 Å². The molecule has 1 aromatic heterocycles. The van der Waals surface area contributed by atoms with E-state index in [4.69, 9.17) is 9.47 Å². The Bertz CT molecular complexity index is 760. The first-order valence-corrected chi connectivity index (χ1v) is 9.80. The summed E-state index contributed by atoms with van der Waals surface area (Å²) in [6, 6.07) is 8.82. The lowest BCUT2D eigenvalue weighted by molar-refractivity contribution is 0.347. The fourth-order valence-corrected chi connectivity index (χ4v) is 3.54. The number of benzene rings is 1. The molecule has 0 atom stereocenters. The molecule has 1 aliphatic rings. The quantitative estimate of drug-likeness (QED) is 0.723. The fourth-order valence-electron chi connectivity index (χ4n) is 3.54. The van der Waals surface area contributed by atoms with Gasteiger partial charge in [-0.05, 0) is 37.8 Å². The second-order valence-corrected chi connectivity index (χ2v) is 7.38. The van der Waals surface area contributed by atoms with Crippen LogP contribution >= 0.6 is 0 Å². The summed E-state index contributed by atoms with van der Waals surface area (Å²) >= 11 is 0. The van der Waals surface area contributed by atoms with E-state index in [0.29, 0.717) is 18.0 Å². The van der Waals surface area contributed by atoms with Gasteiger partial charge in [-0.2, -0.15) is 4.98 Å². The summed E-state index contributed by atoms with van der Waals surface area (Å²) in [6.07, 6.45) is 6.27. The summed E-state index contributed by atoms with van der Waals surface area (Å²) in [5.41, 5.74) is 1.15. The van der Waals surface area contributed by atoms with Gasteiger partial charge in [0.1, 0.15) is 17.3 Å². The zero-order chi connectivity index (χ0) is 19.9. The van der Waals surface area contributed by atoms with Crippen LogP contribution in [-0.2, 0) is 6.54 Å². The lowest BCUT2D eigenvalue weighted by Crippen LogP contribution is -2.37. The van der Waals surface area contributed by atoms with Crippen LogP contribution in [0.15, 0.2) is 30.5 Å². The summed E-state index contributed by atoms with van der Waals surface area (Å²) in [5, 5.41) is 7.16. The second-order valence-electron chi connectivity index (χ2n) is 7.38. The standard InChI is InChI=1S/C21H31N5O2/c1-26(2)20-11-12-22-21(25-20)24-17-8-6-16(7-9-17)23-14-15-5-10-18(27-3)13-19(15)28-4/h5,10-13,16-17,23H,6-9,14H2,1-4H3,(H,22,24,25). The van der Waals surface area contributed by atoms with E-state index in [1.807, 2.05) is 37.2 Å². The summed E-state index contributed by atoms with van der Waals surface area (Å²) in [4.78, 5) is 10.9. The molecule has 0 spiro atoms. The van der Waals surface area contributed by atoms with Crippen molar-refractivity contribution in [3.63, 3.8) is 0 Å². The molecule has 0 bridgehead atoms. The third-order valence-corrected chi connectivity index (χ3v) is 5.23. The Morgan fingerprint density at radius 1 is 1.04 bits per heavy atom. The Kier molecular flexibility index (Phi) is 6.92. The van der Waals surface area contributed by atoms with E-state index in [1.54, 1.807) is 20.4 Å². The molecule has 3 rings (SSSR count). The Morgan fingerprint density at radius 2 is 1.79 bits per heavy atom. The van der Waals surface area contributed by atoms with Crippen molar-refractivity contribution < 1.29 is 9.47 Å². The molecule has 0 radical (unpaired) electrons. The van der Waals surface area contributed by atoms with Gasteiger partial charge < -0.3 is 25.0 Å². The molecular weight excluding hydrogens is 354 g/mol. The van der Waals surface area contributed by atoms with Crippen molar-refractivity contribution in [1.82, 2.24) is 15.3 Å². The first-order valence-electron chi connectivity index (χ1n) is 9.80. The van der Waals surface area contributed by atoms with Gasteiger partial charge >= 0.3 is 0 Å². The Hall–Kier alpha value is -2.54. The number of nitrogens with zero attached hydrogens (tertiary/aromatic N) is 3. The molecular formula is C21H31N5O2. The largest absolute Gasteiger partial charge is 0.497 e. The second kappa shape index (κ2) is 9.59. The van der Waals surface area contributed by atoms with Gasteiger partial charge in [-0.1, -0.05) is 6.07 Å². The van der Waals surface area contributed by atoms with Gasteiger partial charge in [0, 0.05) is 50.6 Å². The highest BCUT2D eigenvalue weighted by atomic mass is 16.5. The third kappa shape index (κ3) is 5.25. The zero-order valence-corrected chi connectivity index (χ0v) is 17.2. The maximum absolute atomic E-state index is 5.49. The van der Waals surface area contributed by atoms with E-state index in [-0.39, 0.29) is 0 Å². The van der Waals surface area contributed by atoms with Crippen LogP contribution in [0.25, 0.3) is 0 Å². The molecule has 1 fully saturated rings. The monoisotopic (exact) mass is 385 g/mol. The third-order valence-electron chi connectivity index (χ3n) is 5.23. The van der Waals surface area contributed by atoms with Crippen molar-refractivity contribution in [2.45, 2.75) is 44.3 Å². The number of ether oxygens (including phenoxy) is 2. The number of anilines is 2. The van der Waals surface area contributed by atoms with Crippen molar-refractivity contribution in [2.24, 2.45) is 0 Å². The van der Waals surface area contributed by atoms with Crippen molar-refractivity contribution in [3.05, 3.63) is 36.0 Å². The number of methoxy groups -OCH3 is 2. The molecule has 1 aliphatic carbocycles. The van der Waals surface area contributed by atoms with Crippen LogP contribution in [0.3, 0.4) is 0 Å². The number of nitrogens with one attached hydrogen (secondary N) is 2. The van der Waals surface area contributed by atoms with E-state index >= 15 is 0 Å². The highest BCUT2D eigenvalue weighted by Gasteiger charge is 2.21. The summed E-state index contributed by atoms with van der Waals surface area (Å²) in [6.45, 7) is 0.796. The summed E-state index contributed by atoms with van der Waals surface area (Å²) in [7, 11) is 7.34. The van der Waals surface area contributed by atoms with Gasteiger partial charge in [-0.25, -0.2) is 4.98 Å². The van der Waals surface area contributed by atoms with E-state index in [1.165, 1.54) is 0 Å². The van der Waals surface area contributed by atoms with Crippen molar-refractivity contribution >= 4 is 11.8 Å². The van der Waals surface area contributed by atoms with Crippen LogP contribution in [0.1, 0.15) is 31.2 Å². The molecule has 152 valence electrons. The smallest absolute Gasteiger partial charge is 0.224 e.